The summed E-state index contributed by atoms with van der Waals surface area (Å²) in [6.45, 7) is 3.98. The molecule has 1 aromatic carbocycles. The van der Waals surface area contributed by atoms with Crippen molar-refractivity contribution in [1.82, 2.24) is 4.72 Å². The zero-order valence-electron chi connectivity index (χ0n) is 10.7. The molecule has 0 saturated carbocycles. The number of aryl methyl sites for hydroxylation is 2. The molecule has 0 fully saturated rings. The minimum atomic E-state index is -3.51. The van der Waals surface area contributed by atoms with Gasteiger partial charge in [-0.2, -0.15) is 0 Å². The molecule has 0 saturated heterocycles. The lowest BCUT2D eigenvalue weighted by Crippen LogP contribution is -2.39. The lowest BCUT2D eigenvalue weighted by molar-refractivity contribution is 0.182. The zero-order chi connectivity index (χ0) is 13.8. The van der Waals surface area contributed by atoms with E-state index in [0.29, 0.717) is 16.8 Å². The highest BCUT2D eigenvalue weighted by Gasteiger charge is 2.21. The molecule has 1 unspecified atom stereocenters. The smallest absolute Gasteiger partial charge is 0.241 e. The van der Waals surface area contributed by atoms with Crippen molar-refractivity contribution in [3.8, 4) is 0 Å². The SMILES string of the molecule is COCC(CBr)NS(=O)(=O)c1cc(C)ccc1C. The summed E-state index contributed by atoms with van der Waals surface area (Å²) in [6.07, 6.45) is 0. The number of sulfonamides is 1. The van der Waals surface area contributed by atoms with Gasteiger partial charge in [-0.15, -0.1) is 0 Å². The minimum Gasteiger partial charge on any atom is -0.383 e. The molecule has 102 valence electrons. The normalized spacial score (nSPS) is 13.6. The quantitative estimate of drug-likeness (QED) is 0.809. The molecule has 0 radical (unpaired) electrons. The summed E-state index contributed by atoms with van der Waals surface area (Å²) in [5, 5.41) is 0.505. The van der Waals surface area contributed by atoms with Gasteiger partial charge in [-0.1, -0.05) is 28.1 Å². The molecule has 0 spiro atoms. The highest BCUT2D eigenvalue weighted by atomic mass is 79.9. The van der Waals surface area contributed by atoms with E-state index in [1.165, 1.54) is 0 Å². The van der Waals surface area contributed by atoms with Gasteiger partial charge >= 0.3 is 0 Å². The number of rotatable bonds is 6. The number of nitrogens with one attached hydrogen (secondary N) is 1. The van der Waals surface area contributed by atoms with Crippen LogP contribution in [0.3, 0.4) is 0 Å². The monoisotopic (exact) mass is 335 g/mol. The number of ether oxygens (including phenoxy) is 1. The van der Waals surface area contributed by atoms with Gasteiger partial charge in [0.15, 0.2) is 0 Å². The van der Waals surface area contributed by atoms with Gasteiger partial charge in [-0.25, -0.2) is 13.1 Å². The van der Waals surface area contributed by atoms with Crippen LogP contribution >= 0.6 is 15.9 Å². The van der Waals surface area contributed by atoms with Gasteiger partial charge in [0.2, 0.25) is 10.0 Å². The van der Waals surface area contributed by atoms with Gasteiger partial charge in [0.25, 0.3) is 0 Å². The molecule has 1 rings (SSSR count). The third-order valence-corrected chi connectivity index (χ3v) is 4.95. The summed E-state index contributed by atoms with van der Waals surface area (Å²) in [4.78, 5) is 0.324. The van der Waals surface area contributed by atoms with E-state index >= 15 is 0 Å². The Hall–Kier alpha value is -0.430. The Kier molecular flexibility index (Phi) is 5.78. The average Bonchev–Trinajstić information content (AvgIpc) is 2.31. The first-order valence-electron chi connectivity index (χ1n) is 5.55. The molecule has 0 aliphatic rings. The molecule has 0 amide bonds. The molecule has 0 aliphatic carbocycles. The summed E-state index contributed by atoms with van der Waals surface area (Å²) in [5.74, 6) is 0. The van der Waals surface area contributed by atoms with E-state index in [4.69, 9.17) is 4.74 Å². The Balaban J connectivity index is 3.02. The van der Waals surface area contributed by atoms with Crippen molar-refractivity contribution < 1.29 is 13.2 Å². The van der Waals surface area contributed by atoms with Crippen LogP contribution in [0.4, 0.5) is 0 Å². The predicted octanol–water partition coefficient (Wildman–Crippen LogP) is 1.99. The Morgan fingerprint density at radius 1 is 1.39 bits per heavy atom. The van der Waals surface area contributed by atoms with Crippen LogP contribution in [-0.2, 0) is 14.8 Å². The molecule has 1 aromatic rings. The van der Waals surface area contributed by atoms with Gasteiger partial charge in [0, 0.05) is 12.4 Å². The topological polar surface area (TPSA) is 55.4 Å². The van der Waals surface area contributed by atoms with E-state index in [-0.39, 0.29) is 6.04 Å². The molecule has 1 atom stereocenters. The van der Waals surface area contributed by atoms with E-state index in [9.17, 15) is 8.42 Å². The standard InChI is InChI=1S/C12H18BrNO3S/c1-9-4-5-10(2)12(6-9)18(15,16)14-11(7-13)8-17-3/h4-6,11,14H,7-8H2,1-3H3. The largest absolute Gasteiger partial charge is 0.383 e. The number of alkyl halides is 1. The van der Waals surface area contributed by atoms with E-state index in [2.05, 4.69) is 20.7 Å². The maximum absolute atomic E-state index is 12.3. The van der Waals surface area contributed by atoms with Gasteiger partial charge < -0.3 is 4.74 Å². The molecular weight excluding hydrogens is 318 g/mol. The molecule has 0 aromatic heterocycles. The van der Waals surface area contributed by atoms with Crippen LogP contribution in [-0.4, -0.2) is 33.5 Å². The highest BCUT2D eigenvalue weighted by molar-refractivity contribution is 9.09. The van der Waals surface area contributed by atoms with Crippen LogP contribution in [0.5, 0.6) is 0 Å². The van der Waals surface area contributed by atoms with Crippen LogP contribution in [0.2, 0.25) is 0 Å². The fourth-order valence-electron chi connectivity index (χ4n) is 1.59. The van der Waals surface area contributed by atoms with Gasteiger partial charge in [-0.3, -0.25) is 0 Å². The van der Waals surface area contributed by atoms with Crippen LogP contribution < -0.4 is 4.72 Å². The maximum Gasteiger partial charge on any atom is 0.241 e. The van der Waals surface area contributed by atoms with Crippen LogP contribution in [0, 0.1) is 13.8 Å². The number of hydrogen-bond donors (Lipinski definition) is 1. The second kappa shape index (κ2) is 6.65. The predicted molar refractivity (Wildman–Crippen MR) is 75.7 cm³/mol. The second-order valence-electron chi connectivity index (χ2n) is 4.20. The van der Waals surface area contributed by atoms with E-state index < -0.39 is 10.0 Å². The number of methoxy groups -OCH3 is 1. The van der Waals surface area contributed by atoms with Crippen molar-refractivity contribution >= 4 is 26.0 Å². The molecule has 0 aliphatic heterocycles. The second-order valence-corrected chi connectivity index (χ2v) is 6.53. The van der Waals surface area contributed by atoms with Gasteiger partial charge in [-0.05, 0) is 31.0 Å². The lowest BCUT2D eigenvalue weighted by atomic mass is 10.2. The molecule has 0 heterocycles. The third-order valence-electron chi connectivity index (χ3n) is 2.51. The zero-order valence-corrected chi connectivity index (χ0v) is 13.1. The fourth-order valence-corrected chi connectivity index (χ4v) is 3.70. The van der Waals surface area contributed by atoms with E-state index in [1.807, 2.05) is 19.1 Å². The Morgan fingerprint density at radius 2 is 2.06 bits per heavy atom. The van der Waals surface area contributed by atoms with Crippen LogP contribution in [0.25, 0.3) is 0 Å². The number of halogens is 1. The van der Waals surface area contributed by atoms with E-state index in [1.54, 1.807) is 20.1 Å². The van der Waals surface area contributed by atoms with Crippen molar-refractivity contribution in [2.75, 3.05) is 19.0 Å². The Bertz CT molecular complexity index is 502. The van der Waals surface area contributed by atoms with Crippen molar-refractivity contribution in [2.24, 2.45) is 0 Å². The first kappa shape index (κ1) is 15.6. The van der Waals surface area contributed by atoms with Crippen molar-refractivity contribution in [2.45, 2.75) is 24.8 Å². The molecule has 1 N–H and O–H groups in total. The maximum atomic E-state index is 12.3. The highest BCUT2D eigenvalue weighted by Crippen LogP contribution is 2.17. The Morgan fingerprint density at radius 3 is 2.61 bits per heavy atom. The summed E-state index contributed by atoms with van der Waals surface area (Å²) in [6, 6.07) is 5.10. The van der Waals surface area contributed by atoms with Crippen LogP contribution in [0.15, 0.2) is 23.1 Å². The van der Waals surface area contributed by atoms with Gasteiger partial charge in [0.05, 0.1) is 17.5 Å². The summed E-state index contributed by atoms with van der Waals surface area (Å²) in [5.41, 5.74) is 1.65. The molecule has 6 heteroatoms. The molecule has 4 nitrogen and oxygen atoms in total. The first-order chi connectivity index (χ1) is 8.40. The average molecular weight is 336 g/mol. The first-order valence-corrected chi connectivity index (χ1v) is 8.15. The lowest BCUT2D eigenvalue weighted by Gasteiger charge is -2.16. The molecular formula is C12H18BrNO3S. The van der Waals surface area contributed by atoms with Crippen LogP contribution in [0.1, 0.15) is 11.1 Å². The van der Waals surface area contributed by atoms with Crippen molar-refractivity contribution in [1.29, 1.82) is 0 Å². The van der Waals surface area contributed by atoms with E-state index in [0.717, 1.165) is 11.1 Å². The third kappa shape index (κ3) is 4.05. The summed E-state index contributed by atoms with van der Waals surface area (Å²) in [7, 11) is -1.96. The fraction of sp³-hybridized carbons (Fsp3) is 0.500. The van der Waals surface area contributed by atoms with Gasteiger partial charge in [0.1, 0.15) is 0 Å². The Labute approximate surface area is 117 Å². The molecule has 0 bridgehead atoms. The minimum absolute atomic E-state index is 0.278. The summed E-state index contributed by atoms with van der Waals surface area (Å²) >= 11 is 3.27. The molecule has 18 heavy (non-hydrogen) atoms. The number of benzene rings is 1. The van der Waals surface area contributed by atoms with Crippen molar-refractivity contribution in [3.05, 3.63) is 29.3 Å². The van der Waals surface area contributed by atoms with Crippen molar-refractivity contribution in [3.63, 3.8) is 0 Å². The summed E-state index contributed by atoms with van der Waals surface area (Å²) < 4.78 is 32.1. The number of hydrogen-bond acceptors (Lipinski definition) is 3.